The summed E-state index contributed by atoms with van der Waals surface area (Å²) >= 11 is 0. The zero-order chi connectivity index (χ0) is 25.4. The molecule has 1 saturated heterocycles. The molecule has 2 amide bonds. The minimum Gasteiger partial charge on any atom is -0.370 e. The van der Waals surface area contributed by atoms with Gasteiger partial charge in [-0.2, -0.15) is 13.2 Å². The van der Waals surface area contributed by atoms with Crippen molar-refractivity contribution in [3.8, 4) is 0 Å². The van der Waals surface area contributed by atoms with E-state index >= 15 is 0 Å². The van der Waals surface area contributed by atoms with Crippen molar-refractivity contribution in [3.63, 3.8) is 0 Å². The highest BCUT2D eigenvalue weighted by Gasteiger charge is 2.71. The molecular formula is C25H31F3N3O4+. The summed E-state index contributed by atoms with van der Waals surface area (Å²) in [4.78, 5) is 42.1. The molecule has 10 heteroatoms. The summed E-state index contributed by atoms with van der Waals surface area (Å²) in [5.41, 5.74) is -4.57. The van der Waals surface area contributed by atoms with Crippen LogP contribution < -0.4 is 10.2 Å². The number of morpholine rings is 1. The number of benzene rings is 1. The Bertz CT molecular complexity index is 1030. The van der Waals surface area contributed by atoms with Gasteiger partial charge in [-0.15, -0.1) is 0 Å². The largest absolute Gasteiger partial charge is 0.425 e. The Labute approximate surface area is 202 Å². The highest BCUT2D eigenvalue weighted by atomic mass is 19.4. The van der Waals surface area contributed by atoms with E-state index in [1.165, 1.54) is 29.2 Å². The second-order valence-electron chi connectivity index (χ2n) is 10.3. The third-order valence-corrected chi connectivity index (χ3v) is 6.99. The molecule has 2 aliphatic heterocycles. The number of carbonyl (C=O) groups excluding carboxylic acids is 3. The summed E-state index contributed by atoms with van der Waals surface area (Å²) in [6, 6.07) is 7.39. The Kier molecular flexibility index (Phi) is 6.80. The summed E-state index contributed by atoms with van der Waals surface area (Å²) in [5, 5.41) is 1.97. The molecule has 0 bridgehead atoms. The molecular weight excluding hydrogens is 463 g/mol. The lowest BCUT2D eigenvalue weighted by Crippen LogP contribution is -3.14. The van der Waals surface area contributed by atoms with Crippen molar-refractivity contribution in [2.24, 2.45) is 5.41 Å². The van der Waals surface area contributed by atoms with Crippen LogP contribution in [0.2, 0.25) is 0 Å². The number of ether oxygens (including phenoxy) is 1. The van der Waals surface area contributed by atoms with Crippen LogP contribution in [0.3, 0.4) is 0 Å². The number of Topliss-reactive ketones (excluding diaryl/α,β-unsaturated/α-hetero) is 1. The SMILES string of the molecule is CC1(C)CC(=O)C2=C(C1)N(CCC[NH+]1CCOCC1)C(=O)C2(NC(=O)c1ccccc1)C(F)(F)F. The van der Waals surface area contributed by atoms with Crippen LogP contribution in [0.1, 0.15) is 43.5 Å². The first-order chi connectivity index (χ1) is 16.5. The van der Waals surface area contributed by atoms with Crippen LogP contribution in [0.25, 0.3) is 0 Å². The van der Waals surface area contributed by atoms with Crippen molar-refractivity contribution in [2.45, 2.75) is 44.8 Å². The minimum atomic E-state index is -5.20. The first-order valence-electron chi connectivity index (χ1n) is 11.9. The number of hydrogen-bond acceptors (Lipinski definition) is 4. The van der Waals surface area contributed by atoms with Crippen LogP contribution in [0.5, 0.6) is 0 Å². The van der Waals surface area contributed by atoms with Gasteiger partial charge in [0.2, 0.25) is 5.54 Å². The number of carbonyl (C=O) groups is 3. The van der Waals surface area contributed by atoms with Gasteiger partial charge in [0.1, 0.15) is 13.1 Å². The second-order valence-corrected chi connectivity index (χ2v) is 10.3. The normalized spacial score (nSPS) is 25.1. The quantitative estimate of drug-likeness (QED) is 0.629. The van der Waals surface area contributed by atoms with Crippen LogP contribution in [-0.4, -0.2) is 73.6 Å². The van der Waals surface area contributed by atoms with Gasteiger partial charge in [0.05, 0.1) is 25.3 Å². The Hall–Kier alpha value is -2.72. The van der Waals surface area contributed by atoms with Crippen LogP contribution in [0, 0.1) is 5.41 Å². The molecule has 0 spiro atoms. The molecule has 1 unspecified atom stereocenters. The Morgan fingerprint density at radius 3 is 2.40 bits per heavy atom. The van der Waals surface area contributed by atoms with Gasteiger partial charge in [0.15, 0.2) is 5.78 Å². The van der Waals surface area contributed by atoms with E-state index in [4.69, 9.17) is 4.74 Å². The number of ketones is 1. The van der Waals surface area contributed by atoms with E-state index in [2.05, 4.69) is 0 Å². The summed E-state index contributed by atoms with van der Waals surface area (Å²) in [6.45, 7) is 7.15. The van der Waals surface area contributed by atoms with Crippen LogP contribution >= 0.6 is 0 Å². The standard InChI is InChI=1S/C25H30F3N3O4/c1-23(2)15-18-20(19(32)16-23)24(25(26,27)28,29-21(33)17-7-4-3-5-8-17)22(34)31(18)10-6-9-30-11-13-35-14-12-30/h3-5,7-8H,6,9-16H2,1-2H3,(H,29,33)/p+1. The lowest BCUT2D eigenvalue weighted by atomic mass is 9.72. The highest BCUT2D eigenvalue weighted by molar-refractivity contribution is 6.14. The van der Waals surface area contributed by atoms with Crippen molar-refractivity contribution in [1.29, 1.82) is 0 Å². The number of rotatable bonds is 6. The van der Waals surface area contributed by atoms with Gasteiger partial charge in [-0.25, -0.2) is 0 Å². The maximum atomic E-state index is 14.8. The number of nitrogens with one attached hydrogen (secondary N) is 2. The summed E-state index contributed by atoms with van der Waals surface area (Å²) in [5.74, 6) is -3.11. The molecule has 1 atom stereocenters. The number of nitrogens with zero attached hydrogens (tertiary/aromatic N) is 1. The number of allylic oxidation sites excluding steroid dienone is 1. The maximum absolute atomic E-state index is 14.8. The molecule has 1 fully saturated rings. The Morgan fingerprint density at radius 1 is 1.11 bits per heavy atom. The predicted octanol–water partition coefficient (Wildman–Crippen LogP) is 1.51. The predicted molar refractivity (Wildman–Crippen MR) is 120 cm³/mol. The fourth-order valence-corrected chi connectivity index (χ4v) is 5.29. The molecule has 35 heavy (non-hydrogen) atoms. The van der Waals surface area contributed by atoms with Gasteiger partial charge < -0.3 is 19.9 Å². The summed E-state index contributed by atoms with van der Waals surface area (Å²) in [6.07, 6.45) is -4.73. The maximum Gasteiger partial charge on any atom is 0.425 e. The van der Waals surface area contributed by atoms with Crippen molar-refractivity contribution < 1.29 is 37.2 Å². The van der Waals surface area contributed by atoms with Crippen LogP contribution in [-0.2, 0) is 14.3 Å². The van der Waals surface area contributed by atoms with Gasteiger partial charge in [-0.3, -0.25) is 14.4 Å². The number of quaternary nitrogens is 1. The van der Waals surface area contributed by atoms with E-state index in [1.807, 2.05) is 5.32 Å². The van der Waals surface area contributed by atoms with E-state index in [1.54, 1.807) is 19.9 Å². The molecule has 3 aliphatic rings. The average molecular weight is 495 g/mol. The zero-order valence-electron chi connectivity index (χ0n) is 20.0. The van der Waals surface area contributed by atoms with Gasteiger partial charge >= 0.3 is 6.18 Å². The number of halogens is 3. The van der Waals surface area contributed by atoms with E-state index in [9.17, 15) is 27.6 Å². The molecule has 4 rings (SSSR count). The molecule has 1 aliphatic carbocycles. The third kappa shape index (κ3) is 4.73. The molecule has 0 aromatic heterocycles. The van der Waals surface area contributed by atoms with E-state index < -0.39 is 40.3 Å². The van der Waals surface area contributed by atoms with E-state index in [-0.39, 0.29) is 30.6 Å². The third-order valence-electron chi connectivity index (χ3n) is 6.99. The minimum absolute atomic E-state index is 0.0240. The number of alkyl halides is 3. The van der Waals surface area contributed by atoms with E-state index in [0.717, 1.165) is 18.0 Å². The Balaban J connectivity index is 1.70. The Morgan fingerprint density at radius 2 is 1.77 bits per heavy atom. The topological polar surface area (TPSA) is 80.2 Å². The zero-order valence-corrected chi connectivity index (χ0v) is 20.0. The molecule has 2 heterocycles. The number of amides is 2. The van der Waals surface area contributed by atoms with Crippen LogP contribution in [0.15, 0.2) is 41.6 Å². The highest BCUT2D eigenvalue weighted by Crippen LogP contribution is 2.51. The lowest BCUT2D eigenvalue weighted by molar-refractivity contribution is -0.908. The van der Waals surface area contributed by atoms with Gasteiger partial charge in [0.25, 0.3) is 11.8 Å². The molecule has 0 radical (unpaired) electrons. The van der Waals surface area contributed by atoms with Crippen molar-refractivity contribution in [3.05, 3.63) is 47.2 Å². The molecule has 0 saturated carbocycles. The monoisotopic (exact) mass is 494 g/mol. The smallest absolute Gasteiger partial charge is 0.370 e. The first-order valence-corrected chi connectivity index (χ1v) is 11.9. The molecule has 1 aromatic carbocycles. The van der Waals surface area contributed by atoms with Gasteiger partial charge in [0, 0.05) is 30.6 Å². The average Bonchev–Trinajstić information content (AvgIpc) is 3.02. The molecule has 2 N–H and O–H groups in total. The van der Waals surface area contributed by atoms with E-state index in [0.29, 0.717) is 26.2 Å². The fraction of sp³-hybridized carbons (Fsp3) is 0.560. The first kappa shape index (κ1) is 25.4. The van der Waals surface area contributed by atoms with Crippen molar-refractivity contribution in [2.75, 3.05) is 39.4 Å². The van der Waals surface area contributed by atoms with Gasteiger partial charge in [-0.05, 0) is 24.0 Å². The van der Waals surface area contributed by atoms with Crippen LogP contribution in [0.4, 0.5) is 13.2 Å². The molecule has 190 valence electrons. The fourth-order valence-electron chi connectivity index (χ4n) is 5.29. The number of hydrogen-bond donors (Lipinski definition) is 2. The molecule has 7 nitrogen and oxygen atoms in total. The summed E-state index contributed by atoms with van der Waals surface area (Å²) in [7, 11) is 0. The second kappa shape index (κ2) is 9.39. The van der Waals surface area contributed by atoms with Gasteiger partial charge in [-0.1, -0.05) is 32.0 Å². The lowest BCUT2D eigenvalue weighted by Gasteiger charge is -2.35. The summed E-state index contributed by atoms with van der Waals surface area (Å²) < 4.78 is 49.7. The van der Waals surface area contributed by atoms with Crippen molar-refractivity contribution >= 4 is 17.6 Å². The molecule has 1 aromatic rings. The van der Waals surface area contributed by atoms with Crippen molar-refractivity contribution in [1.82, 2.24) is 10.2 Å².